The summed E-state index contributed by atoms with van der Waals surface area (Å²) in [4.78, 5) is 23.0. The average molecular weight is 646 g/mol. The molecule has 0 amide bonds. The maximum absolute atomic E-state index is 15.1. The molecule has 5 aromatic rings. The first-order valence-corrected chi connectivity index (χ1v) is 15.6. The van der Waals surface area contributed by atoms with E-state index in [2.05, 4.69) is 20.9 Å². The third-order valence-electron chi connectivity index (χ3n) is 9.62. The molecular formula is C34H30ClF2N5O4. The molecule has 2 aliphatic heterocycles. The van der Waals surface area contributed by atoms with Crippen LogP contribution < -0.4 is 9.47 Å². The third kappa shape index (κ3) is 4.63. The van der Waals surface area contributed by atoms with Crippen molar-refractivity contribution in [2.24, 2.45) is 11.8 Å². The summed E-state index contributed by atoms with van der Waals surface area (Å²) < 4.78 is 46.4. The number of para-hydroxylation sites is 1. The standard InChI is InChI=1S/C34H30ClF2N5O4/c1-3-41-17-38-12-20(41)13-42-27-10-18(33(43)44)9-26(37)31(27)39-29(42)16-40-14-22-23(15-40)30(22)21-5-4-6-28-32(21)46-34(2,45-28)24-8-7-19(35)11-25(24)36/h4-12,17,22-23,30H,3,13-16H2,1-2H3,(H,43,44)/t22-,23+,30?,34?. The molecule has 8 rings (SSSR count). The number of fused-ring (bicyclic) bond motifs is 3. The van der Waals surface area contributed by atoms with E-state index in [4.69, 9.17) is 21.1 Å². The number of carboxylic acids is 1. The zero-order chi connectivity index (χ0) is 31.9. The van der Waals surface area contributed by atoms with E-state index in [1.807, 2.05) is 28.2 Å². The maximum atomic E-state index is 15.1. The highest BCUT2D eigenvalue weighted by molar-refractivity contribution is 6.30. The lowest BCUT2D eigenvalue weighted by molar-refractivity contribution is -0.0710. The second kappa shape index (κ2) is 10.5. The molecule has 9 nitrogen and oxygen atoms in total. The molecule has 3 aromatic carbocycles. The molecule has 2 unspecified atom stereocenters. The number of nitrogens with zero attached hydrogens (tertiary/aromatic N) is 5. The second-order valence-electron chi connectivity index (χ2n) is 12.4. The number of hydrogen-bond donors (Lipinski definition) is 1. The molecule has 4 atom stereocenters. The zero-order valence-electron chi connectivity index (χ0n) is 25.1. The lowest BCUT2D eigenvalue weighted by Gasteiger charge is -2.24. The van der Waals surface area contributed by atoms with E-state index in [1.165, 1.54) is 12.1 Å². The van der Waals surface area contributed by atoms with Crippen LogP contribution in [0, 0.1) is 23.5 Å². The minimum Gasteiger partial charge on any atom is -0.478 e. The Labute approximate surface area is 268 Å². The molecule has 2 fully saturated rings. The van der Waals surface area contributed by atoms with E-state index < -0.39 is 23.4 Å². The lowest BCUT2D eigenvalue weighted by atomic mass is 10.0. The molecule has 2 aromatic heterocycles. The van der Waals surface area contributed by atoms with Crippen molar-refractivity contribution in [3.05, 3.63) is 106 Å². The van der Waals surface area contributed by atoms with Crippen LogP contribution in [0.25, 0.3) is 11.0 Å². The van der Waals surface area contributed by atoms with Crippen LogP contribution in [0.4, 0.5) is 8.78 Å². The first-order valence-electron chi connectivity index (χ1n) is 15.2. The Hall–Kier alpha value is -4.48. The molecule has 0 spiro atoms. The Morgan fingerprint density at radius 3 is 2.63 bits per heavy atom. The summed E-state index contributed by atoms with van der Waals surface area (Å²) in [5.74, 6) is -0.750. The number of halogens is 3. The summed E-state index contributed by atoms with van der Waals surface area (Å²) >= 11 is 5.98. The van der Waals surface area contributed by atoms with Gasteiger partial charge in [-0.15, -0.1) is 0 Å². The van der Waals surface area contributed by atoms with Crippen molar-refractivity contribution in [1.82, 2.24) is 24.0 Å². The third-order valence-corrected chi connectivity index (χ3v) is 9.85. The van der Waals surface area contributed by atoms with E-state index in [1.54, 1.807) is 31.6 Å². The van der Waals surface area contributed by atoms with Crippen LogP contribution in [-0.4, -0.2) is 48.2 Å². The predicted octanol–water partition coefficient (Wildman–Crippen LogP) is 6.42. The molecule has 1 saturated carbocycles. The van der Waals surface area contributed by atoms with Crippen LogP contribution in [0.5, 0.6) is 11.5 Å². The molecule has 4 heterocycles. The molecule has 1 saturated heterocycles. The lowest BCUT2D eigenvalue weighted by Crippen LogP contribution is -2.32. The highest BCUT2D eigenvalue weighted by Crippen LogP contribution is 2.62. The van der Waals surface area contributed by atoms with E-state index in [0.29, 0.717) is 59.3 Å². The Balaban J connectivity index is 1.04. The highest BCUT2D eigenvalue weighted by atomic mass is 35.5. The van der Waals surface area contributed by atoms with Crippen molar-refractivity contribution in [3.63, 3.8) is 0 Å². The Morgan fingerprint density at radius 1 is 1.09 bits per heavy atom. The molecule has 12 heteroatoms. The number of benzene rings is 3. The number of carbonyl (C=O) groups is 1. The van der Waals surface area contributed by atoms with E-state index in [-0.39, 0.29) is 22.6 Å². The first kappa shape index (κ1) is 29.0. The summed E-state index contributed by atoms with van der Waals surface area (Å²) in [6.45, 7) is 6.92. The zero-order valence-corrected chi connectivity index (χ0v) is 25.8. The van der Waals surface area contributed by atoms with Crippen molar-refractivity contribution in [2.45, 2.75) is 45.2 Å². The van der Waals surface area contributed by atoms with Crippen molar-refractivity contribution in [1.29, 1.82) is 0 Å². The fourth-order valence-electron chi connectivity index (χ4n) is 7.36. The van der Waals surface area contributed by atoms with Crippen molar-refractivity contribution in [3.8, 4) is 11.5 Å². The van der Waals surface area contributed by atoms with Gasteiger partial charge in [-0.1, -0.05) is 23.7 Å². The van der Waals surface area contributed by atoms with Crippen molar-refractivity contribution < 1.29 is 28.2 Å². The summed E-state index contributed by atoms with van der Waals surface area (Å²) in [6, 6.07) is 12.8. The fourth-order valence-corrected chi connectivity index (χ4v) is 7.52. The Morgan fingerprint density at radius 2 is 1.89 bits per heavy atom. The van der Waals surface area contributed by atoms with Crippen LogP contribution in [0.3, 0.4) is 0 Å². The number of piperidine rings is 1. The van der Waals surface area contributed by atoms with Gasteiger partial charge in [-0.2, -0.15) is 0 Å². The summed E-state index contributed by atoms with van der Waals surface area (Å²) in [7, 11) is 0. The monoisotopic (exact) mass is 645 g/mol. The summed E-state index contributed by atoms with van der Waals surface area (Å²) in [5.41, 5.74) is 2.71. The van der Waals surface area contributed by atoms with Gasteiger partial charge in [0.15, 0.2) is 17.3 Å². The van der Waals surface area contributed by atoms with E-state index in [0.717, 1.165) is 30.4 Å². The number of ether oxygens (including phenoxy) is 2. The fraction of sp³-hybridized carbons (Fsp3) is 0.324. The van der Waals surface area contributed by atoms with Gasteiger partial charge in [-0.05, 0) is 61.1 Å². The molecular weight excluding hydrogens is 616 g/mol. The number of imidazole rings is 2. The molecule has 1 aliphatic carbocycles. The summed E-state index contributed by atoms with van der Waals surface area (Å²) in [6.07, 6.45) is 3.51. The second-order valence-corrected chi connectivity index (χ2v) is 12.8. The van der Waals surface area contributed by atoms with Gasteiger partial charge in [0, 0.05) is 43.3 Å². The molecule has 0 bridgehead atoms. The Bertz CT molecular complexity index is 2030. The van der Waals surface area contributed by atoms with Crippen LogP contribution in [0.1, 0.15) is 52.8 Å². The number of rotatable bonds is 8. The minimum atomic E-state index is -1.31. The van der Waals surface area contributed by atoms with Gasteiger partial charge >= 0.3 is 5.97 Å². The van der Waals surface area contributed by atoms with Crippen molar-refractivity contribution >= 4 is 28.6 Å². The van der Waals surface area contributed by atoms with Crippen LogP contribution in [0.15, 0.2) is 61.1 Å². The molecule has 46 heavy (non-hydrogen) atoms. The minimum absolute atomic E-state index is 0.122. The molecule has 236 valence electrons. The number of likely N-dealkylation sites (tertiary alicyclic amines) is 1. The topological polar surface area (TPSA) is 94.6 Å². The number of aryl methyl sites for hydroxylation is 1. The van der Waals surface area contributed by atoms with Crippen LogP contribution in [-0.2, 0) is 25.4 Å². The smallest absolute Gasteiger partial charge is 0.335 e. The van der Waals surface area contributed by atoms with Gasteiger partial charge in [0.1, 0.15) is 17.2 Å². The van der Waals surface area contributed by atoms with Gasteiger partial charge in [0.05, 0.1) is 41.8 Å². The van der Waals surface area contributed by atoms with Gasteiger partial charge < -0.3 is 23.7 Å². The maximum Gasteiger partial charge on any atom is 0.335 e. The van der Waals surface area contributed by atoms with Crippen LogP contribution >= 0.6 is 11.6 Å². The van der Waals surface area contributed by atoms with Crippen LogP contribution in [0.2, 0.25) is 5.02 Å². The van der Waals surface area contributed by atoms with Gasteiger partial charge in [0.25, 0.3) is 5.79 Å². The largest absolute Gasteiger partial charge is 0.478 e. The van der Waals surface area contributed by atoms with Gasteiger partial charge in [-0.25, -0.2) is 23.5 Å². The normalized spacial score (nSPS) is 23.3. The summed E-state index contributed by atoms with van der Waals surface area (Å²) in [5, 5.41) is 9.90. The van der Waals surface area contributed by atoms with Gasteiger partial charge in [-0.3, -0.25) is 4.90 Å². The SMILES string of the molecule is CCn1cncc1Cn1c(CN2C[C@@H]3C(c4cccc5c4OC(C)(c4ccc(Cl)cc4F)O5)[C@@H]3C2)nc2c(F)cc(C(=O)O)cc21. The highest BCUT2D eigenvalue weighted by Gasteiger charge is 2.58. The quantitative estimate of drug-likeness (QED) is 0.208. The predicted molar refractivity (Wildman–Crippen MR) is 165 cm³/mol. The first-order chi connectivity index (χ1) is 22.1. The Kier molecular flexibility index (Phi) is 6.63. The van der Waals surface area contributed by atoms with Gasteiger partial charge in [0.2, 0.25) is 0 Å². The molecule has 1 N–H and O–H groups in total. The van der Waals surface area contributed by atoms with E-state index >= 15 is 4.39 Å². The molecule has 0 radical (unpaired) electrons. The average Bonchev–Trinajstić information content (AvgIpc) is 3.50. The van der Waals surface area contributed by atoms with E-state index in [9.17, 15) is 14.3 Å². The number of hydrogen-bond acceptors (Lipinski definition) is 6. The van der Waals surface area contributed by atoms with Crippen molar-refractivity contribution in [2.75, 3.05) is 13.1 Å². The molecule has 3 aliphatic rings. The number of carboxylic acid groups (broad SMARTS) is 1. The number of aromatic carboxylic acids is 1. The number of aromatic nitrogens is 4.